The van der Waals surface area contributed by atoms with Crippen molar-refractivity contribution in [1.29, 1.82) is 0 Å². The fourth-order valence-electron chi connectivity index (χ4n) is 4.77. The molecule has 1 aliphatic rings. The molecule has 2 amide bonds. The van der Waals surface area contributed by atoms with Crippen LogP contribution in [-0.2, 0) is 32.6 Å². The molecule has 0 spiro atoms. The molecule has 1 aliphatic heterocycles. The van der Waals surface area contributed by atoms with Gasteiger partial charge in [0.25, 0.3) is 0 Å². The van der Waals surface area contributed by atoms with E-state index in [0.717, 1.165) is 33.7 Å². The largest absolute Gasteiger partial charge is 0.486 e. The van der Waals surface area contributed by atoms with Crippen LogP contribution in [0, 0.1) is 6.92 Å². The van der Waals surface area contributed by atoms with Gasteiger partial charge in [-0.15, -0.1) is 0 Å². The number of fused-ring (bicyclic) bond motifs is 1. The highest BCUT2D eigenvalue weighted by molar-refractivity contribution is 7.92. The molecule has 0 saturated heterocycles. The molecule has 2 atom stereocenters. The van der Waals surface area contributed by atoms with E-state index in [2.05, 4.69) is 5.32 Å². The second-order valence-corrected chi connectivity index (χ2v) is 12.5. The quantitative estimate of drug-likeness (QED) is 0.339. The van der Waals surface area contributed by atoms with Crippen molar-refractivity contribution in [3.8, 4) is 11.5 Å². The SMILES string of the molecule is CCC(C)NC(=O)C(Cc1ccccc1)N(Cc1ccccc1C)C(=O)CN(c1ccc2c(c1)OCCO2)S(C)(=O)=O. The molecule has 0 aliphatic carbocycles. The van der Waals surface area contributed by atoms with E-state index in [9.17, 15) is 18.0 Å². The number of anilines is 1. The number of carbonyl (C=O) groups is 2. The molecule has 42 heavy (non-hydrogen) atoms. The van der Waals surface area contributed by atoms with Crippen molar-refractivity contribution in [3.63, 3.8) is 0 Å². The molecule has 9 nitrogen and oxygen atoms in total. The Bertz CT molecular complexity index is 1500. The normalized spacial score (nSPS) is 14.0. The Morgan fingerprint density at radius 1 is 0.952 bits per heavy atom. The van der Waals surface area contributed by atoms with E-state index in [4.69, 9.17) is 9.47 Å². The molecule has 4 rings (SSSR count). The molecule has 0 radical (unpaired) electrons. The highest BCUT2D eigenvalue weighted by Crippen LogP contribution is 2.35. The van der Waals surface area contributed by atoms with E-state index in [0.29, 0.717) is 24.7 Å². The third-order valence-corrected chi connectivity index (χ3v) is 8.51. The average Bonchev–Trinajstić information content (AvgIpc) is 2.98. The zero-order valence-corrected chi connectivity index (χ0v) is 25.4. The topological polar surface area (TPSA) is 105 Å². The van der Waals surface area contributed by atoms with Gasteiger partial charge in [-0.25, -0.2) is 8.42 Å². The molecule has 10 heteroatoms. The second kappa shape index (κ2) is 13.7. The summed E-state index contributed by atoms with van der Waals surface area (Å²) in [6.45, 7) is 6.22. The third kappa shape index (κ3) is 7.82. The fourth-order valence-corrected chi connectivity index (χ4v) is 5.61. The lowest BCUT2D eigenvalue weighted by Gasteiger charge is -2.34. The zero-order chi connectivity index (χ0) is 30.3. The maximum Gasteiger partial charge on any atom is 0.244 e. The van der Waals surface area contributed by atoms with Crippen LogP contribution in [0.3, 0.4) is 0 Å². The van der Waals surface area contributed by atoms with Gasteiger partial charge < -0.3 is 19.7 Å². The van der Waals surface area contributed by atoms with Crippen LogP contribution in [0.2, 0.25) is 0 Å². The summed E-state index contributed by atoms with van der Waals surface area (Å²) in [7, 11) is -3.89. The van der Waals surface area contributed by atoms with Crippen molar-refractivity contribution in [1.82, 2.24) is 10.2 Å². The van der Waals surface area contributed by atoms with Gasteiger partial charge in [-0.05, 0) is 49.1 Å². The molecule has 0 fully saturated rings. The van der Waals surface area contributed by atoms with Gasteiger partial charge in [0.1, 0.15) is 25.8 Å². The molecule has 0 aromatic heterocycles. The first-order valence-electron chi connectivity index (χ1n) is 14.1. The first kappa shape index (κ1) is 30.9. The molecule has 3 aromatic rings. The van der Waals surface area contributed by atoms with Crippen molar-refractivity contribution >= 4 is 27.5 Å². The smallest absolute Gasteiger partial charge is 0.244 e. The molecule has 2 unspecified atom stereocenters. The Labute approximate surface area is 248 Å². The minimum atomic E-state index is -3.89. The van der Waals surface area contributed by atoms with Gasteiger partial charge in [-0.3, -0.25) is 13.9 Å². The van der Waals surface area contributed by atoms with Crippen LogP contribution >= 0.6 is 0 Å². The number of rotatable bonds is 12. The monoisotopic (exact) mass is 593 g/mol. The van der Waals surface area contributed by atoms with Crippen molar-refractivity contribution in [3.05, 3.63) is 89.5 Å². The lowest BCUT2D eigenvalue weighted by atomic mass is 10.0. The maximum atomic E-state index is 14.3. The van der Waals surface area contributed by atoms with Crippen LogP contribution in [0.4, 0.5) is 5.69 Å². The summed E-state index contributed by atoms with van der Waals surface area (Å²) in [5.41, 5.74) is 2.99. The predicted octanol–water partition coefficient (Wildman–Crippen LogP) is 4.09. The molecular weight excluding hydrogens is 554 g/mol. The number of amides is 2. The van der Waals surface area contributed by atoms with Gasteiger partial charge in [0.05, 0.1) is 11.9 Å². The Hall–Kier alpha value is -4.05. The molecule has 1 N–H and O–H groups in total. The standard InChI is InChI=1S/C32H39N3O6S/c1-5-24(3)33-32(37)28(19-25-12-7-6-8-13-25)34(21-26-14-10-9-11-23(26)2)31(36)22-35(42(4,38)39)27-15-16-29-30(20-27)41-18-17-40-29/h6-16,20,24,28H,5,17-19,21-22H2,1-4H3,(H,33,37). The van der Waals surface area contributed by atoms with Gasteiger partial charge in [-0.1, -0.05) is 61.5 Å². The van der Waals surface area contributed by atoms with E-state index in [1.54, 1.807) is 18.2 Å². The number of benzene rings is 3. The fraction of sp³-hybridized carbons (Fsp3) is 0.375. The molecule has 1 heterocycles. The Balaban J connectivity index is 1.74. The van der Waals surface area contributed by atoms with Crippen molar-refractivity contribution < 1.29 is 27.5 Å². The first-order chi connectivity index (χ1) is 20.1. The van der Waals surface area contributed by atoms with E-state index in [1.165, 1.54) is 4.90 Å². The van der Waals surface area contributed by atoms with Crippen LogP contribution in [-0.4, -0.2) is 63.2 Å². The van der Waals surface area contributed by atoms with Gasteiger partial charge in [-0.2, -0.15) is 0 Å². The second-order valence-electron chi connectivity index (χ2n) is 10.6. The number of aryl methyl sites for hydroxylation is 1. The first-order valence-corrected chi connectivity index (χ1v) is 16.0. The molecule has 0 bridgehead atoms. The Morgan fingerprint density at radius 2 is 1.62 bits per heavy atom. The summed E-state index contributed by atoms with van der Waals surface area (Å²) in [5, 5.41) is 3.04. The van der Waals surface area contributed by atoms with Gasteiger partial charge in [0, 0.05) is 25.1 Å². The van der Waals surface area contributed by atoms with Crippen LogP contribution in [0.5, 0.6) is 11.5 Å². The Morgan fingerprint density at radius 3 is 2.29 bits per heavy atom. The van der Waals surface area contributed by atoms with E-state index in [1.807, 2.05) is 75.4 Å². The molecule has 224 valence electrons. The minimum Gasteiger partial charge on any atom is -0.486 e. The summed E-state index contributed by atoms with van der Waals surface area (Å²) in [4.78, 5) is 29.5. The lowest BCUT2D eigenvalue weighted by molar-refractivity contribution is -0.140. The van der Waals surface area contributed by atoms with Crippen molar-refractivity contribution in [2.75, 3.05) is 30.3 Å². The average molecular weight is 594 g/mol. The number of hydrogen-bond donors (Lipinski definition) is 1. The number of carbonyl (C=O) groups excluding carboxylic acids is 2. The van der Waals surface area contributed by atoms with Crippen molar-refractivity contribution in [2.24, 2.45) is 0 Å². The maximum absolute atomic E-state index is 14.3. The Kier molecular flexibility index (Phi) is 10.1. The number of hydrogen-bond acceptors (Lipinski definition) is 6. The summed E-state index contributed by atoms with van der Waals surface area (Å²) < 4.78 is 38.4. The molecule has 0 saturated carbocycles. The third-order valence-electron chi connectivity index (χ3n) is 7.37. The van der Waals surface area contributed by atoms with Crippen LogP contribution in [0.25, 0.3) is 0 Å². The van der Waals surface area contributed by atoms with Crippen LogP contribution in [0.15, 0.2) is 72.8 Å². The van der Waals surface area contributed by atoms with Crippen LogP contribution < -0.4 is 19.1 Å². The number of ether oxygens (including phenoxy) is 2. The van der Waals surface area contributed by atoms with E-state index in [-0.39, 0.29) is 30.6 Å². The molecular formula is C32H39N3O6S. The summed E-state index contributed by atoms with van der Waals surface area (Å²) >= 11 is 0. The highest BCUT2D eigenvalue weighted by atomic mass is 32.2. The van der Waals surface area contributed by atoms with E-state index >= 15 is 0 Å². The summed E-state index contributed by atoms with van der Waals surface area (Å²) in [5.74, 6) is 0.126. The summed E-state index contributed by atoms with van der Waals surface area (Å²) in [6, 6.07) is 21.0. The zero-order valence-electron chi connectivity index (χ0n) is 24.6. The predicted molar refractivity (Wildman–Crippen MR) is 163 cm³/mol. The highest BCUT2D eigenvalue weighted by Gasteiger charge is 2.34. The lowest BCUT2D eigenvalue weighted by Crippen LogP contribution is -2.54. The molecule has 3 aromatic carbocycles. The van der Waals surface area contributed by atoms with E-state index < -0.39 is 28.5 Å². The van der Waals surface area contributed by atoms with Crippen molar-refractivity contribution in [2.45, 2.75) is 52.2 Å². The number of sulfonamides is 1. The van der Waals surface area contributed by atoms with Gasteiger partial charge in [0.15, 0.2) is 11.5 Å². The van der Waals surface area contributed by atoms with Gasteiger partial charge >= 0.3 is 0 Å². The minimum absolute atomic E-state index is 0.101. The number of nitrogens with zero attached hydrogens (tertiary/aromatic N) is 2. The number of nitrogens with one attached hydrogen (secondary N) is 1. The summed E-state index contributed by atoms with van der Waals surface area (Å²) in [6.07, 6.45) is 2.05. The van der Waals surface area contributed by atoms with Crippen LogP contribution in [0.1, 0.15) is 37.0 Å². The van der Waals surface area contributed by atoms with Gasteiger partial charge in [0.2, 0.25) is 21.8 Å².